The fraction of sp³-hybridized carbons (Fsp3) is 0.150. The van der Waals surface area contributed by atoms with Crippen molar-refractivity contribution in [2.24, 2.45) is 0 Å². The fourth-order valence-electron chi connectivity index (χ4n) is 2.72. The molecule has 0 aliphatic heterocycles. The molecule has 144 valence electrons. The number of hydrogen-bond donors (Lipinski definition) is 3. The standard InChI is InChI=1S/C20H18Cl2N4OS/c1-11-16(12(2)26-25-11)9-13-3-6-15(7-4-13)23-20(28)24-19(27)14-5-8-17(21)18(22)10-14/h3-8,10H,9H2,1-2H3,(H,25,26)(H2,23,24,27,28). The first-order chi connectivity index (χ1) is 13.3. The van der Waals surface area contributed by atoms with Gasteiger partial charge in [0, 0.05) is 28.9 Å². The Morgan fingerprint density at radius 1 is 1.11 bits per heavy atom. The zero-order chi connectivity index (χ0) is 20.3. The predicted octanol–water partition coefficient (Wildman–Crippen LogP) is 5.05. The van der Waals surface area contributed by atoms with Crippen LogP contribution in [0, 0.1) is 13.8 Å². The maximum absolute atomic E-state index is 12.3. The van der Waals surface area contributed by atoms with E-state index in [9.17, 15) is 4.79 Å². The van der Waals surface area contributed by atoms with Crippen molar-refractivity contribution in [3.05, 3.63) is 80.6 Å². The molecule has 0 unspecified atom stereocenters. The summed E-state index contributed by atoms with van der Waals surface area (Å²) < 4.78 is 0. The third-order valence-electron chi connectivity index (χ3n) is 4.28. The van der Waals surface area contributed by atoms with Gasteiger partial charge in [-0.05, 0) is 62.0 Å². The Morgan fingerprint density at radius 2 is 1.82 bits per heavy atom. The van der Waals surface area contributed by atoms with Crippen molar-refractivity contribution in [1.29, 1.82) is 0 Å². The number of rotatable bonds is 4. The van der Waals surface area contributed by atoms with Crippen molar-refractivity contribution >= 4 is 52.1 Å². The molecule has 2 aromatic carbocycles. The fourth-order valence-corrected chi connectivity index (χ4v) is 3.23. The Hall–Kier alpha value is -2.41. The van der Waals surface area contributed by atoms with Crippen LogP contribution in [-0.4, -0.2) is 21.2 Å². The molecule has 1 amide bonds. The van der Waals surface area contributed by atoms with Gasteiger partial charge in [0.1, 0.15) is 0 Å². The summed E-state index contributed by atoms with van der Waals surface area (Å²) in [5, 5.41) is 13.7. The number of aromatic amines is 1. The summed E-state index contributed by atoms with van der Waals surface area (Å²) >= 11 is 17.0. The van der Waals surface area contributed by atoms with Gasteiger partial charge in [-0.1, -0.05) is 35.3 Å². The number of nitrogens with one attached hydrogen (secondary N) is 3. The minimum atomic E-state index is -0.362. The number of benzene rings is 2. The summed E-state index contributed by atoms with van der Waals surface area (Å²) in [6.45, 7) is 4.00. The average molecular weight is 433 g/mol. The van der Waals surface area contributed by atoms with Gasteiger partial charge in [0.05, 0.1) is 15.7 Å². The van der Waals surface area contributed by atoms with Gasteiger partial charge in [-0.15, -0.1) is 0 Å². The van der Waals surface area contributed by atoms with Crippen molar-refractivity contribution in [2.45, 2.75) is 20.3 Å². The number of thiocarbonyl (C=S) groups is 1. The van der Waals surface area contributed by atoms with Crippen LogP contribution in [0.5, 0.6) is 0 Å². The summed E-state index contributed by atoms with van der Waals surface area (Å²) in [6.07, 6.45) is 0.799. The zero-order valence-electron chi connectivity index (χ0n) is 15.3. The quantitative estimate of drug-likeness (QED) is 0.504. The van der Waals surface area contributed by atoms with E-state index >= 15 is 0 Å². The predicted molar refractivity (Wildman–Crippen MR) is 117 cm³/mol. The third kappa shape index (κ3) is 4.90. The van der Waals surface area contributed by atoms with E-state index in [0.717, 1.165) is 29.1 Å². The van der Waals surface area contributed by atoms with E-state index in [4.69, 9.17) is 35.4 Å². The number of hydrogen-bond acceptors (Lipinski definition) is 3. The molecule has 1 aromatic heterocycles. The van der Waals surface area contributed by atoms with E-state index < -0.39 is 0 Å². The van der Waals surface area contributed by atoms with Gasteiger partial charge in [-0.3, -0.25) is 15.2 Å². The smallest absolute Gasteiger partial charge is 0.257 e. The molecule has 0 saturated carbocycles. The molecule has 0 aliphatic rings. The average Bonchev–Trinajstić information content (AvgIpc) is 2.97. The Balaban J connectivity index is 1.59. The normalized spacial score (nSPS) is 10.6. The third-order valence-corrected chi connectivity index (χ3v) is 5.23. The summed E-state index contributed by atoms with van der Waals surface area (Å²) in [6, 6.07) is 12.5. The summed E-state index contributed by atoms with van der Waals surface area (Å²) in [7, 11) is 0. The van der Waals surface area contributed by atoms with Crippen LogP contribution in [0.2, 0.25) is 10.0 Å². The van der Waals surface area contributed by atoms with Crippen LogP contribution in [-0.2, 0) is 6.42 Å². The SMILES string of the molecule is Cc1n[nH]c(C)c1Cc1ccc(NC(=S)NC(=O)c2ccc(Cl)c(Cl)c2)cc1. The van der Waals surface area contributed by atoms with E-state index in [1.165, 1.54) is 11.6 Å². The minimum Gasteiger partial charge on any atom is -0.332 e. The topological polar surface area (TPSA) is 69.8 Å². The molecule has 0 radical (unpaired) electrons. The molecule has 0 bridgehead atoms. The molecule has 0 saturated heterocycles. The first-order valence-electron chi connectivity index (χ1n) is 8.50. The van der Waals surface area contributed by atoms with Crippen LogP contribution in [0.4, 0.5) is 5.69 Å². The number of amides is 1. The first kappa shape index (κ1) is 20.3. The van der Waals surface area contributed by atoms with E-state index in [2.05, 4.69) is 20.8 Å². The highest BCUT2D eigenvalue weighted by Crippen LogP contribution is 2.22. The van der Waals surface area contributed by atoms with Gasteiger partial charge in [0.2, 0.25) is 0 Å². The van der Waals surface area contributed by atoms with E-state index in [1.807, 2.05) is 38.1 Å². The van der Waals surface area contributed by atoms with Crippen molar-refractivity contribution in [2.75, 3.05) is 5.32 Å². The number of nitrogens with zero attached hydrogens (tertiary/aromatic N) is 1. The second kappa shape index (κ2) is 8.73. The van der Waals surface area contributed by atoms with Crippen molar-refractivity contribution in [1.82, 2.24) is 15.5 Å². The maximum atomic E-state index is 12.3. The molecule has 0 atom stereocenters. The van der Waals surface area contributed by atoms with Crippen molar-refractivity contribution in [3.8, 4) is 0 Å². The Kier molecular flexibility index (Phi) is 6.34. The molecule has 5 nitrogen and oxygen atoms in total. The lowest BCUT2D eigenvalue weighted by atomic mass is 10.0. The van der Waals surface area contributed by atoms with Crippen molar-refractivity contribution < 1.29 is 4.79 Å². The van der Waals surface area contributed by atoms with Crippen LogP contribution < -0.4 is 10.6 Å². The van der Waals surface area contributed by atoms with E-state index in [1.54, 1.807) is 12.1 Å². The number of anilines is 1. The zero-order valence-corrected chi connectivity index (χ0v) is 17.6. The van der Waals surface area contributed by atoms with Crippen LogP contribution in [0.1, 0.15) is 32.9 Å². The molecule has 8 heteroatoms. The van der Waals surface area contributed by atoms with E-state index in [-0.39, 0.29) is 11.0 Å². The highest BCUT2D eigenvalue weighted by atomic mass is 35.5. The molecule has 0 spiro atoms. The minimum absolute atomic E-state index is 0.199. The van der Waals surface area contributed by atoms with Gasteiger partial charge < -0.3 is 5.32 Å². The van der Waals surface area contributed by atoms with Gasteiger partial charge in [-0.2, -0.15) is 5.10 Å². The molecule has 28 heavy (non-hydrogen) atoms. The second-order valence-corrected chi connectivity index (χ2v) is 7.55. The molecule has 0 aliphatic carbocycles. The number of aromatic nitrogens is 2. The molecular weight excluding hydrogens is 415 g/mol. The van der Waals surface area contributed by atoms with Crippen LogP contribution in [0.15, 0.2) is 42.5 Å². The van der Waals surface area contributed by atoms with Crippen LogP contribution in [0.3, 0.4) is 0 Å². The summed E-state index contributed by atoms with van der Waals surface area (Å²) in [4.78, 5) is 12.3. The molecule has 1 heterocycles. The van der Waals surface area contributed by atoms with E-state index in [0.29, 0.717) is 15.6 Å². The molecular formula is C20H18Cl2N4OS. The van der Waals surface area contributed by atoms with Gasteiger partial charge >= 0.3 is 0 Å². The van der Waals surface area contributed by atoms with Crippen molar-refractivity contribution in [3.63, 3.8) is 0 Å². The summed E-state index contributed by atoms with van der Waals surface area (Å²) in [5.41, 5.74) is 5.59. The van der Waals surface area contributed by atoms with Crippen LogP contribution >= 0.6 is 35.4 Å². The Morgan fingerprint density at radius 3 is 2.43 bits per heavy atom. The Labute approximate surface area is 178 Å². The highest BCUT2D eigenvalue weighted by molar-refractivity contribution is 7.80. The Bertz CT molecular complexity index is 1010. The molecule has 0 fully saturated rings. The lowest BCUT2D eigenvalue weighted by Gasteiger charge is -2.11. The lowest BCUT2D eigenvalue weighted by molar-refractivity contribution is 0.0977. The number of halogens is 2. The first-order valence-corrected chi connectivity index (χ1v) is 9.66. The largest absolute Gasteiger partial charge is 0.332 e. The maximum Gasteiger partial charge on any atom is 0.257 e. The number of carbonyl (C=O) groups excluding carboxylic acids is 1. The molecule has 3 rings (SSSR count). The highest BCUT2D eigenvalue weighted by Gasteiger charge is 2.11. The monoisotopic (exact) mass is 432 g/mol. The number of aryl methyl sites for hydroxylation is 2. The van der Waals surface area contributed by atoms with Gasteiger partial charge in [0.25, 0.3) is 5.91 Å². The van der Waals surface area contributed by atoms with Gasteiger partial charge in [-0.25, -0.2) is 0 Å². The number of carbonyl (C=O) groups is 1. The molecule has 3 aromatic rings. The van der Waals surface area contributed by atoms with Gasteiger partial charge in [0.15, 0.2) is 5.11 Å². The number of H-pyrrole nitrogens is 1. The second-order valence-electron chi connectivity index (χ2n) is 6.32. The van der Waals surface area contributed by atoms with Crippen LogP contribution in [0.25, 0.3) is 0 Å². The molecule has 3 N–H and O–H groups in total. The summed E-state index contributed by atoms with van der Waals surface area (Å²) in [5.74, 6) is -0.362. The lowest BCUT2D eigenvalue weighted by Crippen LogP contribution is -2.34.